The number of piperazine rings is 2. The van der Waals surface area contributed by atoms with Gasteiger partial charge in [0.05, 0.1) is 5.92 Å². The average Bonchev–Trinajstić information content (AvgIpc) is 2.86. The molecule has 38 heavy (non-hydrogen) atoms. The van der Waals surface area contributed by atoms with Gasteiger partial charge >= 0.3 is 5.97 Å². The molecular weight excluding hydrogens is 590 g/mol. The van der Waals surface area contributed by atoms with E-state index in [0.29, 0.717) is 6.54 Å². The second-order valence-corrected chi connectivity index (χ2v) is 9.98. The lowest BCUT2D eigenvalue weighted by atomic mass is 9.98. The van der Waals surface area contributed by atoms with Gasteiger partial charge in [-0.25, -0.2) is 0 Å². The maximum Gasteiger partial charge on any atom is 0.312 e. The SMILES string of the molecule is Cl.Cl.Cl.Cl.O=C(O)C(CN1CCN(CCCN2CCN(Cc3ccc(Cl)cc3)CC2)CC1)c1ccccc1. The van der Waals surface area contributed by atoms with Crippen LogP contribution >= 0.6 is 61.2 Å². The topological polar surface area (TPSA) is 50.3 Å². The third kappa shape index (κ3) is 11.7. The zero-order valence-electron chi connectivity index (χ0n) is 21.6. The van der Waals surface area contributed by atoms with Crippen molar-refractivity contribution in [3.63, 3.8) is 0 Å². The highest BCUT2D eigenvalue weighted by Crippen LogP contribution is 2.19. The average molecular weight is 631 g/mol. The Kier molecular flexibility index (Phi) is 18.9. The van der Waals surface area contributed by atoms with E-state index in [0.717, 1.165) is 82.6 Å². The molecule has 2 fully saturated rings. The number of hydrogen-bond donors (Lipinski definition) is 1. The number of rotatable bonds is 10. The first-order valence-corrected chi connectivity index (χ1v) is 12.9. The minimum atomic E-state index is -0.734. The molecule has 1 unspecified atom stereocenters. The van der Waals surface area contributed by atoms with E-state index < -0.39 is 11.9 Å². The van der Waals surface area contributed by atoms with Gasteiger partial charge in [0, 0.05) is 70.5 Å². The van der Waals surface area contributed by atoms with Gasteiger partial charge in [-0.1, -0.05) is 54.1 Å². The van der Waals surface area contributed by atoms with Gasteiger partial charge in [-0.15, -0.1) is 49.6 Å². The van der Waals surface area contributed by atoms with E-state index in [9.17, 15) is 9.90 Å². The summed E-state index contributed by atoms with van der Waals surface area (Å²) >= 11 is 5.99. The van der Waals surface area contributed by atoms with Gasteiger partial charge in [-0.2, -0.15) is 0 Å². The van der Waals surface area contributed by atoms with Crippen molar-refractivity contribution in [1.29, 1.82) is 0 Å². The van der Waals surface area contributed by atoms with Gasteiger partial charge in [0.2, 0.25) is 0 Å². The summed E-state index contributed by atoms with van der Waals surface area (Å²) in [5.41, 5.74) is 2.22. The molecule has 2 aliphatic rings. The Morgan fingerprint density at radius 2 is 1.18 bits per heavy atom. The molecule has 2 aromatic carbocycles. The van der Waals surface area contributed by atoms with Crippen LogP contribution in [0.15, 0.2) is 54.6 Å². The summed E-state index contributed by atoms with van der Waals surface area (Å²) in [6.07, 6.45) is 1.19. The second-order valence-electron chi connectivity index (χ2n) is 9.54. The smallest absolute Gasteiger partial charge is 0.312 e. The van der Waals surface area contributed by atoms with E-state index in [4.69, 9.17) is 11.6 Å². The summed E-state index contributed by atoms with van der Waals surface area (Å²) in [5.74, 6) is -1.19. The van der Waals surface area contributed by atoms with Gasteiger partial charge in [-0.3, -0.25) is 14.6 Å². The van der Waals surface area contributed by atoms with E-state index in [1.54, 1.807) is 0 Å². The normalized spacial score (nSPS) is 17.7. The summed E-state index contributed by atoms with van der Waals surface area (Å²) in [6.45, 7) is 12.3. The largest absolute Gasteiger partial charge is 0.481 e. The van der Waals surface area contributed by atoms with Crippen LogP contribution in [0.1, 0.15) is 23.5 Å². The van der Waals surface area contributed by atoms with Gasteiger partial charge < -0.3 is 14.9 Å². The number of carboxylic acid groups (broad SMARTS) is 1. The molecule has 2 heterocycles. The summed E-state index contributed by atoms with van der Waals surface area (Å²) in [5, 5.41) is 10.5. The van der Waals surface area contributed by atoms with Crippen molar-refractivity contribution in [2.24, 2.45) is 0 Å². The molecule has 0 aliphatic carbocycles. The molecule has 0 spiro atoms. The summed E-state index contributed by atoms with van der Waals surface area (Å²) in [6, 6.07) is 17.8. The van der Waals surface area contributed by atoms with Crippen molar-refractivity contribution in [2.75, 3.05) is 72.0 Å². The molecule has 0 aromatic heterocycles. The minimum Gasteiger partial charge on any atom is -0.481 e. The van der Waals surface area contributed by atoms with Crippen LogP contribution in [0.25, 0.3) is 0 Å². The maximum absolute atomic E-state index is 11.8. The van der Waals surface area contributed by atoms with Crippen LogP contribution in [0.5, 0.6) is 0 Å². The maximum atomic E-state index is 11.8. The second kappa shape index (κ2) is 19.3. The number of benzene rings is 2. The molecular formula is C27H41Cl5N4O2. The fraction of sp³-hybridized carbons (Fsp3) is 0.519. The molecule has 1 N–H and O–H groups in total. The van der Waals surface area contributed by atoms with E-state index in [1.807, 2.05) is 42.5 Å². The molecule has 0 radical (unpaired) electrons. The standard InChI is InChI=1S/C27H37ClN4O2.4ClH/c28-25-9-7-23(8-10-25)21-31-17-13-29(14-18-31)11-4-12-30-15-19-32(20-16-30)22-26(27(33)34)24-5-2-1-3-6-24;;;;/h1-3,5-10,26H,4,11-22H2,(H,33,34);4*1H. The van der Waals surface area contributed by atoms with Crippen molar-refractivity contribution in [3.8, 4) is 0 Å². The Balaban J connectivity index is 0.00000342. The molecule has 0 bridgehead atoms. The van der Waals surface area contributed by atoms with Crippen LogP contribution in [-0.4, -0.2) is 103 Å². The van der Waals surface area contributed by atoms with E-state index in [-0.39, 0.29) is 49.6 Å². The monoisotopic (exact) mass is 628 g/mol. The van der Waals surface area contributed by atoms with E-state index in [1.165, 1.54) is 12.0 Å². The van der Waals surface area contributed by atoms with Crippen LogP contribution in [-0.2, 0) is 11.3 Å². The van der Waals surface area contributed by atoms with E-state index >= 15 is 0 Å². The van der Waals surface area contributed by atoms with Gasteiger partial charge in [0.1, 0.15) is 0 Å². The number of carbonyl (C=O) groups is 1. The first-order valence-electron chi connectivity index (χ1n) is 12.5. The molecule has 2 saturated heterocycles. The molecule has 6 nitrogen and oxygen atoms in total. The van der Waals surface area contributed by atoms with Crippen molar-refractivity contribution in [1.82, 2.24) is 19.6 Å². The van der Waals surface area contributed by atoms with Gasteiger partial charge in [-0.05, 0) is 42.8 Å². The molecule has 11 heteroatoms. The van der Waals surface area contributed by atoms with E-state index in [2.05, 4.69) is 31.7 Å². The number of carboxylic acids is 1. The Morgan fingerprint density at radius 3 is 1.68 bits per heavy atom. The lowest BCUT2D eigenvalue weighted by Crippen LogP contribution is -2.49. The molecule has 2 aliphatic heterocycles. The van der Waals surface area contributed by atoms with Crippen molar-refractivity contribution in [2.45, 2.75) is 18.9 Å². The fourth-order valence-corrected chi connectivity index (χ4v) is 5.13. The van der Waals surface area contributed by atoms with Crippen molar-refractivity contribution >= 4 is 67.2 Å². The van der Waals surface area contributed by atoms with Crippen LogP contribution < -0.4 is 0 Å². The van der Waals surface area contributed by atoms with Crippen LogP contribution in [0.4, 0.5) is 0 Å². The van der Waals surface area contributed by atoms with Crippen LogP contribution in [0, 0.1) is 0 Å². The van der Waals surface area contributed by atoms with Crippen LogP contribution in [0.2, 0.25) is 5.02 Å². The first kappa shape index (κ1) is 37.2. The Morgan fingerprint density at radius 1 is 0.711 bits per heavy atom. The highest BCUT2D eigenvalue weighted by atomic mass is 35.5. The molecule has 4 rings (SSSR count). The van der Waals surface area contributed by atoms with Gasteiger partial charge in [0.15, 0.2) is 0 Å². The number of hydrogen-bond acceptors (Lipinski definition) is 5. The zero-order valence-corrected chi connectivity index (χ0v) is 25.6. The highest BCUT2D eigenvalue weighted by molar-refractivity contribution is 6.30. The summed E-state index contributed by atoms with van der Waals surface area (Å²) in [4.78, 5) is 21.8. The van der Waals surface area contributed by atoms with Crippen LogP contribution in [0.3, 0.4) is 0 Å². The van der Waals surface area contributed by atoms with Gasteiger partial charge in [0.25, 0.3) is 0 Å². The molecule has 2 aromatic rings. The quantitative estimate of drug-likeness (QED) is 0.398. The highest BCUT2D eigenvalue weighted by Gasteiger charge is 2.25. The molecule has 1 atom stereocenters. The number of nitrogens with zero attached hydrogens (tertiary/aromatic N) is 4. The third-order valence-corrected chi connectivity index (χ3v) is 7.39. The Hall–Kier alpha value is -0.800. The molecule has 0 amide bonds. The third-order valence-electron chi connectivity index (χ3n) is 7.14. The molecule has 216 valence electrons. The zero-order chi connectivity index (χ0) is 23.8. The lowest BCUT2D eigenvalue weighted by molar-refractivity contribution is -0.139. The Labute approximate surface area is 257 Å². The predicted molar refractivity (Wildman–Crippen MR) is 166 cm³/mol. The molecule has 0 saturated carbocycles. The summed E-state index contributed by atoms with van der Waals surface area (Å²) < 4.78 is 0. The number of halogens is 5. The number of aliphatic carboxylic acids is 1. The summed E-state index contributed by atoms with van der Waals surface area (Å²) in [7, 11) is 0. The lowest BCUT2D eigenvalue weighted by Gasteiger charge is -2.37. The van der Waals surface area contributed by atoms with Crippen molar-refractivity contribution in [3.05, 3.63) is 70.7 Å². The fourth-order valence-electron chi connectivity index (χ4n) is 5.00. The first-order chi connectivity index (χ1) is 16.6. The minimum absolute atomic E-state index is 0. The predicted octanol–water partition coefficient (Wildman–Crippen LogP) is 5.02. The Bertz CT molecular complexity index is 894. The van der Waals surface area contributed by atoms with Crippen molar-refractivity contribution < 1.29 is 9.90 Å².